The van der Waals surface area contributed by atoms with Crippen molar-refractivity contribution in [2.45, 2.75) is 38.3 Å². The summed E-state index contributed by atoms with van der Waals surface area (Å²) in [6, 6.07) is 0. The largest absolute Gasteiger partial charge is 0.391 e. The molecule has 2 fully saturated rings. The van der Waals surface area contributed by atoms with E-state index in [2.05, 4.69) is 5.32 Å². The number of hydrogen-bond acceptors (Lipinski definition) is 2. The second-order valence-corrected chi connectivity index (χ2v) is 5.59. The van der Waals surface area contributed by atoms with E-state index in [0.29, 0.717) is 12.3 Å². The summed E-state index contributed by atoms with van der Waals surface area (Å²) in [6.45, 7) is 2.39. The van der Waals surface area contributed by atoms with Crippen molar-refractivity contribution < 1.29 is 18.0 Å². The lowest BCUT2D eigenvalue weighted by Gasteiger charge is -2.34. The van der Waals surface area contributed by atoms with Crippen LogP contribution in [-0.2, 0) is 4.79 Å². The zero-order chi connectivity index (χ0) is 13.9. The zero-order valence-electron chi connectivity index (χ0n) is 11.0. The van der Waals surface area contributed by atoms with Crippen LogP contribution in [0.1, 0.15) is 32.1 Å². The molecule has 0 unspecified atom stereocenters. The van der Waals surface area contributed by atoms with Crippen LogP contribution in [0.15, 0.2) is 0 Å². The minimum absolute atomic E-state index is 0.0347. The normalized spacial score (nSPS) is 23.6. The number of piperidine rings is 2. The van der Waals surface area contributed by atoms with E-state index < -0.39 is 12.1 Å². The molecule has 2 aliphatic rings. The second-order valence-electron chi connectivity index (χ2n) is 5.59. The van der Waals surface area contributed by atoms with Crippen LogP contribution in [0, 0.1) is 11.8 Å². The van der Waals surface area contributed by atoms with Crippen LogP contribution in [0.5, 0.6) is 0 Å². The van der Waals surface area contributed by atoms with Gasteiger partial charge in [0.1, 0.15) is 0 Å². The van der Waals surface area contributed by atoms with Gasteiger partial charge in [-0.1, -0.05) is 0 Å². The lowest BCUT2D eigenvalue weighted by atomic mass is 9.92. The maximum Gasteiger partial charge on any atom is 0.391 e. The third-order valence-electron chi connectivity index (χ3n) is 4.23. The molecule has 0 aromatic carbocycles. The van der Waals surface area contributed by atoms with E-state index in [-0.39, 0.29) is 31.8 Å². The van der Waals surface area contributed by atoms with Gasteiger partial charge in [0, 0.05) is 19.5 Å². The van der Waals surface area contributed by atoms with E-state index in [0.717, 1.165) is 25.9 Å². The molecule has 3 nitrogen and oxygen atoms in total. The summed E-state index contributed by atoms with van der Waals surface area (Å²) in [7, 11) is 0. The van der Waals surface area contributed by atoms with E-state index in [4.69, 9.17) is 0 Å². The van der Waals surface area contributed by atoms with Gasteiger partial charge in [-0.25, -0.2) is 0 Å². The second kappa shape index (κ2) is 6.11. The molecule has 6 heteroatoms. The first-order valence-corrected chi connectivity index (χ1v) is 7.02. The van der Waals surface area contributed by atoms with Crippen molar-refractivity contribution in [3.05, 3.63) is 0 Å². The van der Waals surface area contributed by atoms with Crippen molar-refractivity contribution in [1.29, 1.82) is 0 Å². The maximum absolute atomic E-state index is 12.5. The van der Waals surface area contributed by atoms with Crippen LogP contribution < -0.4 is 5.32 Å². The van der Waals surface area contributed by atoms with Crippen molar-refractivity contribution in [1.82, 2.24) is 10.2 Å². The smallest absolute Gasteiger partial charge is 0.343 e. The molecule has 1 amide bonds. The van der Waals surface area contributed by atoms with Crippen molar-refractivity contribution in [2.75, 3.05) is 26.2 Å². The number of carbonyl (C=O) groups is 1. The minimum Gasteiger partial charge on any atom is -0.343 e. The Kier molecular flexibility index (Phi) is 4.71. The van der Waals surface area contributed by atoms with E-state index in [1.807, 2.05) is 0 Å². The van der Waals surface area contributed by atoms with E-state index in [1.54, 1.807) is 4.90 Å². The number of rotatable bonds is 2. The van der Waals surface area contributed by atoms with Gasteiger partial charge in [-0.15, -0.1) is 0 Å². The first-order valence-electron chi connectivity index (χ1n) is 7.02. The van der Waals surface area contributed by atoms with Crippen LogP contribution in [0.4, 0.5) is 13.2 Å². The molecular formula is C13H21F3N2O. The van der Waals surface area contributed by atoms with Crippen molar-refractivity contribution in [3.8, 4) is 0 Å². The predicted molar refractivity (Wildman–Crippen MR) is 65.6 cm³/mol. The lowest BCUT2D eigenvalue weighted by Crippen LogP contribution is -2.43. The molecule has 0 saturated carbocycles. The van der Waals surface area contributed by atoms with Gasteiger partial charge in [-0.05, 0) is 44.7 Å². The molecule has 0 spiro atoms. The van der Waals surface area contributed by atoms with Crippen LogP contribution >= 0.6 is 0 Å². The molecule has 0 aliphatic carbocycles. The van der Waals surface area contributed by atoms with Gasteiger partial charge in [0.2, 0.25) is 5.91 Å². The van der Waals surface area contributed by atoms with Gasteiger partial charge >= 0.3 is 6.18 Å². The van der Waals surface area contributed by atoms with Crippen LogP contribution in [0.25, 0.3) is 0 Å². The van der Waals surface area contributed by atoms with Crippen LogP contribution in [0.2, 0.25) is 0 Å². The van der Waals surface area contributed by atoms with E-state index in [1.165, 1.54) is 0 Å². The quantitative estimate of drug-likeness (QED) is 0.839. The number of carbonyl (C=O) groups excluding carboxylic acids is 1. The number of hydrogen-bond donors (Lipinski definition) is 1. The fraction of sp³-hybridized carbons (Fsp3) is 0.923. The molecular weight excluding hydrogens is 257 g/mol. The topological polar surface area (TPSA) is 32.3 Å². The Morgan fingerprint density at radius 1 is 1.11 bits per heavy atom. The number of likely N-dealkylation sites (tertiary alicyclic amines) is 1. The molecule has 2 saturated heterocycles. The maximum atomic E-state index is 12.5. The molecule has 2 heterocycles. The highest BCUT2D eigenvalue weighted by Gasteiger charge is 2.41. The van der Waals surface area contributed by atoms with Gasteiger partial charge in [-0.3, -0.25) is 4.79 Å². The summed E-state index contributed by atoms with van der Waals surface area (Å²) in [5.41, 5.74) is 0. The monoisotopic (exact) mass is 278 g/mol. The summed E-state index contributed by atoms with van der Waals surface area (Å²) < 4.78 is 37.6. The van der Waals surface area contributed by atoms with Crippen molar-refractivity contribution >= 4 is 5.91 Å². The summed E-state index contributed by atoms with van der Waals surface area (Å²) in [5.74, 6) is -0.794. The average Bonchev–Trinajstić information content (AvgIpc) is 2.39. The number of alkyl halides is 3. The van der Waals surface area contributed by atoms with Crippen LogP contribution in [0.3, 0.4) is 0 Å². The molecule has 0 atom stereocenters. The fourth-order valence-corrected chi connectivity index (χ4v) is 2.92. The molecule has 19 heavy (non-hydrogen) atoms. The molecule has 2 aliphatic heterocycles. The van der Waals surface area contributed by atoms with Gasteiger partial charge in [0.25, 0.3) is 0 Å². The molecule has 0 aromatic heterocycles. The zero-order valence-corrected chi connectivity index (χ0v) is 11.0. The number of nitrogens with one attached hydrogen (secondary N) is 1. The minimum atomic E-state index is -4.11. The van der Waals surface area contributed by atoms with Crippen molar-refractivity contribution in [2.24, 2.45) is 11.8 Å². The Morgan fingerprint density at radius 3 is 2.21 bits per heavy atom. The highest BCUT2D eigenvalue weighted by atomic mass is 19.4. The third kappa shape index (κ3) is 4.09. The Balaban J connectivity index is 1.76. The van der Waals surface area contributed by atoms with Gasteiger partial charge in [0.15, 0.2) is 0 Å². The Hall–Kier alpha value is -0.780. The summed E-state index contributed by atoms with van der Waals surface area (Å²) >= 11 is 0. The molecule has 110 valence electrons. The Morgan fingerprint density at radius 2 is 1.68 bits per heavy atom. The standard InChI is InChI=1S/C13H21F3N2O/c14-13(15,16)11-3-7-18(8-4-11)12(19)9-10-1-5-17-6-2-10/h10-11,17H,1-9H2. The SMILES string of the molecule is O=C(CC1CCNCC1)N1CCC(C(F)(F)F)CC1. The first-order chi connectivity index (χ1) is 8.97. The number of nitrogens with zero attached hydrogens (tertiary/aromatic N) is 1. The number of amides is 1. The first kappa shape index (κ1) is 14.6. The average molecular weight is 278 g/mol. The Bertz CT molecular complexity index is 306. The summed E-state index contributed by atoms with van der Waals surface area (Å²) in [6.07, 6.45) is -1.51. The molecule has 1 N–H and O–H groups in total. The highest BCUT2D eigenvalue weighted by Crippen LogP contribution is 2.34. The number of halogens is 3. The molecule has 0 radical (unpaired) electrons. The highest BCUT2D eigenvalue weighted by molar-refractivity contribution is 5.76. The van der Waals surface area contributed by atoms with Crippen LogP contribution in [-0.4, -0.2) is 43.2 Å². The summed E-state index contributed by atoms with van der Waals surface area (Å²) in [5, 5.41) is 3.24. The molecule has 0 aromatic rings. The van der Waals surface area contributed by atoms with E-state index >= 15 is 0 Å². The fourth-order valence-electron chi connectivity index (χ4n) is 2.92. The van der Waals surface area contributed by atoms with Gasteiger partial charge < -0.3 is 10.2 Å². The summed E-state index contributed by atoms with van der Waals surface area (Å²) in [4.78, 5) is 13.7. The van der Waals surface area contributed by atoms with Gasteiger partial charge in [0.05, 0.1) is 5.92 Å². The molecule has 0 bridgehead atoms. The van der Waals surface area contributed by atoms with Crippen molar-refractivity contribution in [3.63, 3.8) is 0 Å². The van der Waals surface area contributed by atoms with E-state index in [9.17, 15) is 18.0 Å². The predicted octanol–water partition coefficient (Wildman–Crippen LogP) is 2.18. The lowest BCUT2D eigenvalue weighted by molar-refractivity contribution is -0.186. The van der Waals surface area contributed by atoms with Gasteiger partial charge in [-0.2, -0.15) is 13.2 Å². The third-order valence-corrected chi connectivity index (χ3v) is 4.23. The molecule has 2 rings (SSSR count). The Labute approximate surface area is 111 Å².